The van der Waals surface area contributed by atoms with Gasteiger partial charge >= 0.3 is 6.03 Å². The molecule has 1 aliphatic rings. The van der Waals surface area contributed by atoms with Gasteiger partial charge in [-0.3, -0.25) is 14.9 Å². The zero-order valence-corrected chi connectivity index (χ0v) is 15.3. The van der Waals surface area contributed by atoms with Crippen molar-refractivity contribution in [1.29, 1.82) is 0 Å². The molecule has 4 amide bonds. The number of amides is 4. The van der Waals surface area contributed by atoms with E-state index >= 15 is 0 Å². The van der Waals surface area contributed by atoms with Crippen molar-refractivity contribution in [1.82, 2.24) is 9.88 Å². The Balaban J connectivity index is 1.74. The molecule has 0 bridgehead atoms. The van der Waals surface area contributed by atoms with Crippen LogP contribution in [-0.4, -0.2) is 22.4 Å². The van der Waals surface area contributed by atoms with Crippen molar-refractivity contribution in [3.05, 3.63) is 89.2 Å². The van der Waals surface area contributed by atoms with E-state index in [0.29, 0.717) is 16.4 Å². The average molecular weight is 392 g/mol. The second-order valence-corrected chi connectivity index (χ2v) is 6.51. The second kappa shape index (κ2) is 7.17. The van der Waals surface area contributed by atoms with Gasteiger partial charge in [-0.05, 0) is 54.6 Å². The molecule has 6 nitrogen and oxygen atoms in total. The molecule has 0 saturated carbocycles. The highest BCUT2D eigenvalue weighted by atomic mass is 35.5. The molecule has 1 aliphatic heterocycles. The third kappa shape index (κ3) is 3.21. The van der Waals surface area contributed by atoms with Crippen molar-refractivity contribution in [2.24, 2.45) is 0 Å². The van der Waals surface area contributed by atoms with Crippen LogP contribution in [0, 0.1) is 0 Å². The number of hydrogen-bond donors (Lipinski definition) is 1. The van der Waals surface area contributed by atoms with E-state index in [1.165, 1.54) is 6.08 Å². The number of nitrogens with one attached hydrogen (secondary N) is 1. The number of barbiturate groups is 1. The van der Waals surface area contributed by atoms with Crippen molar-refractivity contribution < 1.29 is 14.4 Å². The van der Waals surface area contributed by atoms with Gasteiger partial charge in [-0.2, -0.15) is 0 Å². The molecular formula is C21H14ClN3O3. The summed E-state index contributed by atoms with van der Waals surface area (Å²) >= 11 is 5.94. The van der Waals surface area contributed by atoms with Gasteiger partial charge in [-0.25, -0.2) is 9.69 Å². The molecule has 138 valence electrons. The first-order valence-corrected chi connectivity index (χ1v) is 8.82. The van der Waals surface area contributed by atoms with Crippen LogP contribution in [0.3, 0.4) is 0 Å². The Kier molecular flexibility index (Phi) is 4.55. The van der Waals surface area contributed by atoms with Crippen molar-refractivity contribution >= 4 is 41.2 Å². The van der Waals surface area contributed by atoms with E-state index in [2.05, 4.69) is 5.32 Å². The highest BCUT2D eigenvalue weighted by molar-refractivity contribution is 6.39. The summed E-state index contributed by atoms with van der Waals surface area (Å²) in [6, 6.07) is 18.4. The Morgan fingerprint density at radius 1 is 0.821 bits per heavy atom. The zero-order valence-electron chi connectivity index (χ0n) is 14.5. The summed E-state index contributed by atoms with van der Waals surface area (Å²) < 4.78 is 1.81. The van der Waals surface area contributed by atoms with Crippen molar-refractivity contribution in [3.8, 4) is 5.69 Å². The van der Waals surface area contributed by atoms with Crippen LogP contribution in [-0.2, 0) is 9.59 Å². The smallest absolute Gasteiger partial charge is 0.317 e. The molecule has 0 radical (unpaired) electrons. The number of benzene rings is 2. The van der Waals surface area contributed by atoms with Crippen LogP contribution < -0.4 is 10.2 Å². The number of imide groups is 2. The minimum atomic E-state index is -0.772. The molecule has 2 aromatic carbocycles. The Morgan fingerprint density at radius 2 is 1.54 bits per heavy atom. The fraction of sp³-hybridized carbons (Fsp3) is 0. The predicted octanol–water partition coefficient (Wildman–Crippen LogP) is 3.80. The molecule has 3 aromatic rings. The zero-order chi connectivity index (χ0) is 19.7. The van der Waals surface area contributed by atoms with E-state index in [1.54, 1.807) is 60.8 Å². The van der Waals surface area contributed by atoms with Crippen molar-refractivity contribution in [2.75, 3.05) is 4.90 Å². The Morgan fingerprint density at radius 3 is 2.25 bits per heavy atom. The molecule has 4 rings (SSSR count). The lowest BCUT2D eigenvalue weighted by Crippen LogP contribution is -2.54. The van der Waals surface area contributed by atoms with Gasteiger partial charge in [-0.15, -0.1) is 0 Å². The SMILES string of the molecule is O=C1NC(=O)N(c2ccccc2)C(=O)/C1=C\c1cccn1-c1ccc(Cl)cc1. The fourth-order valence-corrected chi connectivity index (χ4v) is 3.09. The molecular weight excluding hydrogens is 378 g/mol. The third-order valence-electron chi connectivity index (χ3n) is 4.29. The van der Waals surface area contributed by atoms with Crippen LogP contribution >= 0.6 is 11.6 Å². The molecule has 1 saturated heterocycles. The van der Waals surface area contributed by atoms with Crippen LogP contribution in [0.2, 0.25) is 5.02 Å². The lowest BCUT2D eigenvalue weighted by Gasteiger charge is -2.26. The molecule has 1 fully saturated rings. The minimum Gasteiger partial charge on any atom is -0.317 e. The molecule has 0 atom stereocenters. The number of aromatic nitrogens is 1. The van der Waals surface area contributed by atoms with E-state index in [4.69, 9.17) is 11.6 Å². The number of hydrogen-bond acceptors (Lipinski definition) is 3. The van der Waals surface area contributed by atoms with Gasteiger partial charge < -0.3 is 4.57 Å². The summed E-state index contributed by atoms with van der Waals surface area (Å²) in [5.74, 6) is -1.41. The maximum Gasteiger partial charge on any atom is 0.335 e. The quantitative estimate of drug-likeness (QED) is 0.545. The second-order valence-electron chi connectivity index (χ2n) is 6.07. The van der Waals surface area contributed by atoms with Crippen molar-refractivity contribution in [2.45, 2.75) is 0 Å². The van der Waals surface area contributed by atoms with Gasteiger partial charge in [0.2, 0.25) is 0 Å². The Bertz CT molecular complexity index is 1100. The monoisotopic (exact) mass is 391 g/mol. The van der Waals surface area contributed by atoms with E-state index in [-0.39, 0.29) is 5.57 Å². The maximum absolute atomic E-state index is 12.9. The van der Waals surface area contributed by atoms with Crippen LogP contribution in [0.15, 0.2) is 78.5 Å². The Hall–Kier alpha value is -3.64. The van der Waals surface area contributed by atoms with Gasteiger partial charge in [0.1, 0.15) is 5.57 Å². The van der Waals surface area contributed by atoms with E-state index in [1.807, 2.05) is 16.7 Å². The van der Waals surface area contributed by atoms with Crippen LogP contribution in [0.25, 0.3) is 11.8 Å². The molecule has 28 heavy (non-hydrogen) atoms. The van der Waals surface area contributed by atoms with Gasteiger partial charge in [0.15, 0.2) is 0 Å². The number of para-hydroxylation sites is 1. The maximum atomic E-state index is 12.9. The highest BCUT2D eigenvalue weighted by Crippen LogP contribution is 2.23. The van der Waals surface area contributed by atoms with Gasteiger partial charge in [0, 0.05) is 22.6 Å². The highest BCUT2D eigenvalue weighted by Gasteiger charge is 2.36. The van der Waals surface area contributed by atoms with Crippen LogP contribution in [0.4, 0.5) is 10.5 Å². The lowest BCUT2D eigenvalue weighted by atomic mass is 10.1. The third-order valence-corrected chi connectivity index (χ3v) is 4.55. The normalized spacial score (nSPS) is 15.8. The molecule has 1 aromatic heterocycles. The summed E-state index contributed by atoms with van der Waals surface area (Å²) in [6.07, 6.45) is 3.27. The molecule has 7 heteroatoms. The number of carbonyl (C=O) groups excluding carboxylic acids is 3. The number of halogens is 1. The van der Waals surface area contributed by atoms with Gasteiger partial charge in [-0.1, -0.05) is 29.8 Å². The van der Waals surface area contributed by atoms with E-state index < -0.39 is 17.8 Å². The summed E-state index contributed by atoms with van der Waals surface area (Å²) in [5.41, 5.74) is 1.69. The molecule has 0 spiro atoms. The molecule has 0 unspecified atom stereocenters. The first-order valence-electron chi connectivity index (χ1n) is 8.44. The summed E-state index contributed by atoms with van der Waals surface area (Å²) in [4.78, 5) is 38.4. The molecule has 0 aliphatic carbocycles. The topological polar surface area (TPSA) is 71.4 Å². The van der Waals surface area contributed by atoms with E-state index in [9.17, 15) is 14.4 Å². The fourth-order valence-electron chi connectivity index (χ4n) is 2.97. The first-order chi connectivity index (χ1) is 13.5. The van der Waals surface area contributed by atoms with Crippen LogP contribution in [0.1, 0.15) is 5.69 Å². The van der Waals surface area contributed by atoms with E-state index in [0.717, 1.165) is 10.6 Å². The predicted molar refractivity (Wildman–Crippen MR) is 106 cm³/mol. The average Bonchev–Trinajstić information content (AvgIpc) is 3.15. The molecule has 2 heterocycles. The summed E-state index contributed by atoms with van der Waals surface area (Å²) in [7, 11) is 0. The first kappa shape index (κ1) is 17.8. The number of anilines is 1. The van der Waals surface area contributed by atoms with Gasteiger partial charge in [0.05, 0.1) is 5.69 Å². The largest absolute Gasteiger partial charge is 0.335 e. The number of rotatable bonds is 3. The molecule has 1 N–H and O–H groups in total. The van der Waals surface area contributed by atoms with Crippen molar-refractivity contribution in [3.63, 3.8) is 0 Å². The van der Waals surface area contributed by atoms with Crippen LogP contribution in [0.5, 0.6) is 0 Å². The summed E-state index contributed by atoms with van der Waals surface area (Å²) in [5, 5.41) is 2.83. The summed E-state index contributed by atoms with van der Waals surface area (Å²) in [6.45, 7) is 0. The van der Waals surface area contributed by atoms with Gasteiger partial charge in [0.25, 0.3) is 11.8 Å². The lowest BCUT2D eigenvalue weighted by molar-refractivity contribution is -0.122. The Labute approximate surface area is 165 Å². The minimum absolute atomic E-state index is 0.127. The standard InChI is InChI=1S/C21H14ClN3O3/c22-14-8-10-15(11-9-14)24-12-4-7-17(24)13-18-19(26)23-21(28)25(20(18)27)16-5-2-1-3-6-16/h1-13H,(H,23,26,28)/b18-13-. The number of nitrogens with zero attached hydrogens (tertiary/aromatic N) is 2. The number of urea groups is 1. The number of carbonyl (C=O) groups is 3.